The van der Waals surface area contributed by atoms with Crippen molar-refractivity contribution in [2.45, 2.75) is 25.4 Å². The van der Waals surface area contributed by atoms with E-state index in [0.717, 1.165) is 63.6 Å². The van der Waals surface area contributed by atoms with E-state index in [1.165, 1.54) is 0 Å². The SMILES string of the molecule is CC(O)(CN=C(NCCCN1CCOCC1)NCCc1ccco1)c1ccccc1. The third-order valence-corrected chi connectivity index (χ3v) is 5.23. The summed E-state index contributed by atoms with van der Waals surface area (Å²) >= 11 is 0. The number of nitrogens with one attached hydrogen (secondary N) is 2. The van der Waals surface area contributed by atoms with E-state index in [9.17, 15) is 5.11 Å². The van der Waals surface area contributed by atoms with Crippen LogP contribution in [-0.2, 0) is 16.8 Å². The Labute approximate surface area is 179 Å². The second-order valence-electron chi connectivity index (χ2n) is 7.80. The van der Waals surface area contributed by atoms with Crippen LogP contribution in [0.5, 0.6) is 0 Å². The Kier molecular flexibility index (Phi) is 8.74. The van der Waals surface area contributed by atoms with E-state index in [1.807, 2.05) is 42.5 Å². The number of aliphatic hydroxyl groups is 1. The Morgan fingerprint density at radius 3 is 2.60 bits per heavy atom. The molecule has 3 rings (SSSR count). The molecular weight excluding hydrogens is 380 g/mol. The van der Waals surface area contributed by atoms with Gasteiger partial charge >= 0.3 is 0 Å². The molecule has 2 heterocycles. The first-order valence-electron chi connectivity index (χ1n) is 10.8. The van der Waals surface area contributed by atoms with Crippen LogP contribution in [0.25, 0.3) is 0 Å². The van der Waals surface area contributed by atoms with E-state index in [0.29, 0.717) is 12.5 Å². The predicted octanol–water partition coefficient (Wildman–Crippen LogP) is 1.99. The molecule has 1 aliphatic heterocycles. The monoisotopic (exact) mass is 414 g/mol. The first kappa shape index (κ1) is 22.3. The minimum absolute atomic E-state index is 0.274. The van der Waals surface area contributed by atoms with Crippen molar-refractivity contribution in [1.29, 1.82) is 0 Å². The summed E-state index contributed by atoms with van der Waals surface area (Å²) in [6.07, 6.45) is 3.48. The highest BCUT2D eigenvalue weighted by Crippen LogP contribution is 2.20. The minimum atomic E-state index is -1.02. The quantitative estimate of drug-likeness (QED) is 0.313. The lowest BCUT2D eigenvalue weighted by atomic mass is 9.96. The van der Waals surface area contributed by atoms with E-state index in [4.69, 9.17) is 9.15 Å². The summed E-state index contributed by atoms with van der Waals surface area (Å²) in [6, 6.07) is 13.5. The average Bonchev–Trinajstić information content (AvgIpc) is 3.29. The average molecular weight is 415 g/mol. The normalized spacial score (nSPS) is 17.5. The number of benzene rings is 1. The van der Waals surface area contributed by atoms with Crippen molar-refractivity contribution in [3.63, 3.8) is 0 Å². The number of hydrogen-bond donors (Lipinski definition) is 3. The largest absolute Gasteiger partial charge is 0.469 e. The standard InChI is InChI=1S/C23H34N4O3/c1-23(28,20-7-3-2-4-8-20)19-26-22(25-12-10-21-9-5-16-30-21)24-11-6-13-27-14-17-29-18-15-27/h2-5,7-9,16,28H,6,10-15,17-19H2,1H3,(H2,24,25,26). The van der Waals surface area contributed by atoms with Crippen LogP contribution in [0.1, 0.15) is 24.7 Å². The van der Waals surface area contributed by atoms with Gasteiger partial charge in [0.25, 0.3) is 0 Å². The molecule has 1 saturated heterocycles. The van der Waals surface area contributed by atoms with Crippen molar-refractivity contribution in [3.8, 4) is 0 Å². The van der Waals surface area contributed by atoms with Crippen LogP contribution in [0, 0.1) is 0 Å². The summed E-state index contributed by atoms with van der Waals surface area (Å²) in [5, 5.41) is 17.6. The van der Waals surface area contributed by atoms with Crippen LogP contribution in [0.3, 0.4) is 0 Å². The Hall–Kier alpha value is -2.35. The van der Waals surface area contributed by atoms with E-state index < -0.39 is 5.60 Å². The molecule has 1 unspecified atom stereocenters. The van der Waals surface area contributed by atoms with Crippen molar-refractivity contribution in [1.82, 2.24) is 15.5 Å². The van der Waals surface area contributed by atoms with Gasteiger partial charge < -0.3 is 24.9 Å². The van der Waals surface area contributed by atoms with Gasteiger partial charge in [0.2, 0.25) is 0 Å². The van der Waals surface area contributed by atoms with Crippen LogP contribution in [0.15, 0.2) is 58.1 Å². The van der Waals surface area contributed by atoms with Crippen molar-refractivity contribution in [2.24, 2.45) is 4.99 Å². The van der Waals surface area contributed by atoms with Gasteiger partial charge in [-0.15, -0.1) is 0 Å². The summed E-state index contributed by atoms with van der Waals surface area (Å²) < 4.78 is 10.8. The van der Waals surface area contributed by atoms with E-state index in [2.05, 4.69) is 20.5 Å². The van der Waals surface area contributed by atoms with Gasteiger partial charge in [-0.05, 0) is 37.6 Å². The molecule has 1 aromatic carbocycles. The molecular formula is C23H34N4O3. The molecule has 1 atom stereocenters. The maximum absolute atomic E-state index is 10.9. The first-order chi connectivity index (χ1) is 14.6. The van der Waals surface area contributed by atoms with Crippen LogP contribution in [-0.4, -0.2) is 68.4 Å². The lowest BCUT2D eigenvalue weighted by molar-refractivity contribution is 0.0376. The zero-order valence-corrected chi connectivity index (χ0v) is 17.8. The van der Waals surface area contributed by atoms with Crippen molar-refractivity contribution in [2.75, 3.05) is 52.5 Å². The summed E-state index contributed by atoms with van der Waals surface area (Å²) in [6.45, 7) is 8.28. The molecule has 2 aromatic rings. The molecule has 0 radical (unpaired) electrons. The van der Waals surface area contributed by atoms with Crippen LogP contribution in [0.2, 0.25) is 0 Å². The Balaban J connectivity index is 1.51. The maximum Gasteiger partial charge on any atom is 0.191 e. The highest BCUT2D eigenvalue weighted by Gasteiger charge is 2.22. The summed E-state index contributed by atoms with van der Waals surface area (Å²) in [5.74, 6) is 1.64. The fourth-order valence-electron chi connectivity index (χ4n) is 3.39. The topological polar surface area (TPSA) is 82.3 Å². The lowest BCUT2D eigenvalue weighted by Crippen LogP contribution is -2.42. The number of aliphatic imine (C=N–C) groups is 1. The Bertz CT molecular complexity index is 741. The highest BCUT2D eigenvalue weighted by atomic mass is 16.5. The molecule has 1 aromatic heterocycles. The molecule has 0 amide bonds. The predicted molar refractivity (Wildman–Crippen MR) is 119 cm³/mol. The molecule has 0 saturated carbocycles. The zero-order chi connectivity index (χ0) is 21.1. The third kappa shape index (κ3) is 7.48. The molecule has 0 bridgehead atoms. The Morgan fingerprint density at radius 1 is 1.10 bits per heavy atom. The van der Waals surface area contributed by atoms with Gasteiger partial charge in [0.05, 0.1) is 26.0 Å². The molecule has 1 aliphatic rings. The number of guanidine groups is 1. The number of rotatable bonds is 10. The third-order valence-electron chi connectivity index (χ3n) is 5.23. The number of morpholine rings is 1. The minimum Gasteiger partial charge on any atom is -0.469 e. The molecule has 30 heavy (non-hydrogen) atoms. The molecule has 0 aliphatic carbocycles. The van der Waals surface area contributed by atoms with Crippen molar-refractivity contribution in [3.05, 3.63) is 60.1 Å². The smallest absolute Gasteiger partial charge is 0.191 e. The second-order valence-corrected chi connectivity index (χ2v) is 7.80. The molecule has 3 N–H and O–H groups in total. The van der Waals surface area contributed by atoms with Crippen LogP contribution in [0.4, 0.5) is 0 Å². The van der Waals surface area contributed by atoms with Gasteiger partial charge in [-0.1, -0.05) is 30.3 Å². The lowest BCUT2D eigenvalue weighted by Gasteiger charge is -2.26. The van der Waals surface area contributed by atoms with Crippen molar-refractivity contribution >= 4 is 5.96 Å². The highest BCUT2D eigenvalue weighted by molar-refractivity contribution is 5.79. The summed E-state index contributed by atoms with van der Waals surface area (Å²) in [4.78, 5) is 7.08. The van der Waals surface area contributed by atoms with Gasteiger partial charge in [-0.3, -0.25) is 4.90 Å². The number of nitrogens with zero attached hydrogens (tertiary/aromatic N) is 2. The Morgan fingerprint density at radius 2 is 1.87 bits per heavy atom. The van der Waals surface area contributed by atoms with E-state index in [1.54, 1.807) is 13.2 Å². The van der Waals surface area contributed by atoms with Gasteiger partial charge in [0, 0.05) is 32.6 Å². The molecule has 0 spiro atoms. The molecule has 7 nitrogen and oxygen atoms in total. The van der Waals surface area contributed by atoms with Gasteiger partial charge in [-0.2, -0.15) is 0 Å². The van der Waals surface area contributed by atoms with Gasteiger partial charge in [0.1, 0.15) is 11.4 Å². The van der Waals surface area contributed by atoms with E-state index >= 15 is 0 Å². The maximum atomic E-state index is 10.9. The van der Waals surface area contributed by atoms with Crippen LogP contribution < -0.4 is 10.6 Å². The van der Waals surface area contributed by atoms with Gasteiger partial charge in [0.15, 0.2) is 5.96 Å². The zero-order valence-electron chi connectivity index (χ0n) is 17.8. The fraction of sp³-hybridized carbons (Fsp3) is 0.522. The van der Waals surface area contributed by atoms with Gasteiger partial charge in [-0.25, -0.2) is 4.99 Å². The summed E-state index contributed by atoms with van der Waals surface area (Å²) in [7, 11) is 0. The van der Waals surface area contributed by atoms with E-state index in [-0.39, 0.29) is 6.54 Å². The molecule has 7 heteroatoms. The fourth-order valence-corrected chi connectivity index (χ4v) is 3.39. The number of ether oxygens (including phenoxy) is 1. The summed E-state index contributed by atoms with van der Waals surface area (Å²) in [5.41, 5.74) is -0.166. The number of hydrogen-bond acceptors (Lipinski definition) is 5. The number of furan rings is 1. The second kappa shape index (κ2) is 11.7. The van der Waals surface area contributed by atoms with Crippen LogP contribution >= 0.6 is 0 Å². The molecule has 164 valence electrons. The first-order valence-corrected chi connectivity index (χ1v) is 10.8. The molecule has 1 fully saturated rings. The van der Waals surface area contributed by atoms with Crippen molar-refractivity contribution < 1.29 is 14.3 Å².